The Balaban J connectivity index is 1.41. The molecule has 2 aromatic heterocycles. The summed E-state index contributed by atoms with van der Waals surface area (Å²) in [5.74, 6) is -0.533. The standard InChI is InChI=1S/C27H31F3N6O3S/c1-16-12-19(14-20(13-16)34-25-32-9-6-22(35-25)27(28,29)30)21-15-33-24(40-21)26(39)7-4-18(5-8-26)23(38)31-10-11-36(3)17(2)37/h6,9,12-15,18,39H,4-5,7-8,10-11H2,1-3H3,(H,31,38)(H,32,34,35)/t18-,26-. The molecule has 40 heavy (non-hydrogen) atoms. The van der Waals surface area contributed by atoms with Crippen LogP contribution in [0.15, 0.2) is 36.7 Å². The van der Waals surface area contributed by atoms with Crippen molar-refractivity contribution in [2.24, 2.45) is 5.92 Å². The maximum atomic E-state index is 13.0. The summed E-state index contributed by atoms with van der Waals surface area (Å²) in [6.45, 7) is 4.14. The van der Waals surface area contributed by atoms with Crippen molar-refractivity contribution in [1.82, 2.24) is 25.2 Å². The zero-order valence-corrected chi connectivity index (χ0v) is 23.2. The second-order valence-electron chi connectivity index (χ2n) is 10.0. The van der Waals surface area contributed by atoms with Gasteiger partial charge in [-0.15, -0.1) is 11.3 Å². The van der Waals surface area contributed by atoms with Crippen molar-refractivity contribution in [2.45, 2.75) is 51.3 Å². The van der Waals surface area contributed by atoms with Crippen LogP contribution in [-0.4, -0.2) is 56.9 Å². The van der Waals surface area contributed by atoms with Crippen LogP contribution < -0.4 is 10.6 Å². The molecule has 0 bridgehead atoms. The molecule has 2 heterocycles. The molecule has 0 atom stereocenters. The van der Waals surface area contributed by atoms with Gasteiger partial charge in [0.05, 0.1) is 4.88 Å². The van der Waals surface area contributed by atoms with Crippen molar-refractivity contribution >= 4 is 34.8 Å². The number of likely N-dealkylation sites (N-methyl/N-ethyl adjacent to an activating group) is 1. The van der Waals surface area contributed by atoms with Crippen LogP contribution >= 0.6 is 11.3 Å². The van der Waals surface area contributed by atoms with Crippen molar-refractivity contribution in [2.75, 3.05) is 25.5 Å². The van der Waals surface area contributed by atoms with Crippen molar-refractivity contribution in [3.05, 3.63) is 52.9 Å². The van der Waals surface area contributed by atoms with Gasteiger partial charge in [0.2, 0.25) is 17.8 Å². The monoisotopic (exact) mass is 576 g/mol. The topological polar surface area (TPSA) is 120 Å². The van der Waals surface area contributed by atoms with E-state index in [1.54, 1.807) is 25.4 Å². The molecule has 214 valence electrons. The van der Waals surface area contributed by atoms with Crippen LogP contribution in [0, 0.1) is 12.8 Å². The minimum Gasteiger partial charge on any atom is -0.383 e. The van der Waals surface area contributed by atoms with Crippen molar-refractivity contribution < 1.29 is 27.9 Å². The highest BCUT2D eigenvalue weighted by molar-refractivity contribution is 7.15. The number of aliphatic hydroxyl groups is 1. The molecule has 0 radical (unpaired) electrons. The highest BCUT2D eigenvalue weighted by Crippen LogP contribution is 2.43. The number of alkyl halides is 3. The third-order valence-corrected chi connectivity index (χ3v) is 8.18. The van der Waals surface area contributed by atoms with Crippen LogP contribution in [0.25, 0.3) is 10.4 Å². The van der Waals surface area contributed by atoms with Crippen molar-refractivity contribution in [3.8, 4) is 10.4 Å². The van der Waals surface area contributed by atoms with E-state index in [0.29, 0.717) is 49.5 Å². The molecular weight excluding hydrogens is 545 g/mol. The van der Waals surface area contributed by atoms with Gasteiger partial charge in [-0.05, 0) is 61.9 Å². The Hall–Kier alpha value is -3.58. The van der Waals surface area contributed by atoms with E-state index in [2.05, 4.69) is 25.6 Å². The number of thiazole rings is 1. The van der Waals surface area contributed by atoms with Crippen LogP contribution in [0.4, 0.5) is 24.8 Å². The number of hydrogen-bond acceptors (Lipinski definition) is 8. The molecular formula is C27H31F3N6O3S. The molecule has 2 amide bonds. The van der Waals surface area contributed by atoms with Gasteiger partial charge in [0.25, 0.3) is 0 Å². The highest BCUT2D eigenvalue weighted by Gasteiger charge is 2.39. The first-order valence-electron chi connectivity index (χ1n) is 12.8. The first-order chi connectivity index (χ1) is 18.8. The predicted molar refractivity (Wildman–Crippen MR) is 145 cm³/mol. The van der Waals surface area contributed by atoms with Crippen molar-refractivity contribution in [3.63, 3.8) is 0 Å². The number of anilines is 2. The number of carbonyl (C=O) groups is 2. The van der Waals surface area contributed by atoms with Gasteiger partial charge in [0.1, 0.15) is 16.3 Å². The molecule has 13 heteroatoms. The molecule has 0 unspecified atom stereocenters. The fourth-order valence-corrected chi connectivity index (χ4v) is 5.60. The minimum atomic E-state index is -4.58. The summed E-state index contributed by atoms with van der Waals surface area (Å²) in [6, 6.07) is 6.27. The zero-order valence-electron chi connectivity index (χ0n) is 22.4. The van der Waals surface area contributed by atoms with E-state index in [9.17, 15) is 27.9 Å². The first kappa shape index (κ1) is 29.4. The molecule has 1 saturated carbocycles. The highest BCUT2D eigenvalue weighted by atomic mass is 32.1. The van der Waals surface area contributed by atoms with Crippen LogP contribution in [0.1, 0.15) is 48.9 Å². The van der Waals surface area contributed by atoms with Gasteiger partial charge < -0.3 is 20.6 Å². The van der Waals surface area contributed by atoms with Gasteiger partial charge in [0, 0.05) is 51.1 Å². The maximum Gasteiger partial charge on any atom is 0.433 e. The molecule has 0 aliphatic heterocycles. The Kier molecular flexibility index (Phi) is 8.74. The number of amides is 2. The smallest absolute Gasteiger partial charge is 0.383 e. The number of aryl methyl sites for hydroxylation is 1. The predicted octanol–water partition coefficient (Wildman–Crippen LogP) is 4.64. The molecule has 1 aliphatic carbocycles. The summed E-state index contributed by atoms with van der Waals surface area (Å²) in [7, 11) is 1.68. The van der Waals surface area contributed by atoms with E-state index in [-0.39, 0.29) is 23.7 Å². The molecule has 9 nitrogen and oxygen atoms in total. The van der Waals surface area contributed by atoms with Crippen LogP contribution in [0.3, 0.4) is 0 Å². The molecule has 3 N–H and O–H groups in total. The fourth-order valence-electron chi connectivity index (χ4n) is 4.55. The SMILES string of the molecule is CC(=O)N(C)CCNC(=O)[C@H]1CC[C@@](O)(c2ncc(-c3cc(C)cc(Nc4nccc(C(F)(F)F)n4)c3)s2)CC1. The molecule has 1 aromatic carbocycles. The molecule has 1 fully saturated rings. The van der Waals surface area contributed by atoms with E-state index < -0.39 is 17.5 Å². The molecule has 1 aliphatic rings. The van der Waals surface area contributed by atoms with E-state index in [4.69, 9.17) is 0 Å². The second kappa shape index (κ2) is 11.9. The molecule has 0 saturated heterocycles. The van der Waals surface area contributed by atoms with Crippen LogP contribution in [0.2, 0.25) is 0 Å². The Morgan fingerprint density at radius 1 is 1.20 bits per heavy atom. The lowest BCUT2D eigenvalue weighted by Crippen LogP contribution is -2.41. The van der Waals surface area contributed by atoms with E-state index in [1.165, 1.54) is 23.2 Å². The number of nitrogens with one attached hydrogen (secondary N) is 2. The van der Waals surface area contributed by atoms with Crippen LogP contribution in [0.5, 0.6) is 0 Å². The molecule has 4 rings (SSSR count). The Labute approximate surface area is 233 Å². The number of hydrogen-bond donors (Lipinski definition) is 3. The van der Waals surface area contributed by atoms with Crippen LogP contribution in [-0.2, 0) is 21.4 Å². The lowest BCUT2D eigenvalue weighted by molar-refractivity contribution is -0.141. The van der Waals surface area contributed by atoms with E-state index >= 15 is 0 Å². The summed E-state index contributed by atoms with van der Waals surface area (Å²) >= 11 is 1.34. The number of carbonyl (C=O) groups excluding carboxylic acids is 2. The number of nitrogens with zero attached hydrogens (tertiary/aromatic N) is 4. The average Bonchev–Trinajstić information content (AvgIpc) is 3.40. The largest absolute Gasteiger partial charge is 0.433 e. The van der Waals surface area contributed by atoms with Gasteiger partial charge in [-0.3, -0.25) is 9.59 Å². The summed E-state index contributed by atoms with van der Waals surface area (Å²) in [6.07, 6.45) is -0.0622. The van der Waals surface area contributed by atoms with E-state index in [0.717, 1.165) is 28.3 Å². The lowest BCUT2D eigenvalue weighted by Gasteiger charge is -2.34. The summed E-state index contributed by atoms with van der Waals surface area (Å²) in [4.78, 5) is 38.1. The van der Waals surface area contributed by atoms with Gasteiger partial charge in [0.15, 0.2) is 0 Å². The fraction of sp³-hybridized carbons (Fsp3) is 0.444. The second-order valence-corrected chi connectivity index (χ2v) is 11.1. The number of halogens is 3. The summed E-state index contributed by atoms with van der Waals surface area (Å²) in [5, 5.41) is 17.6. The maximum absolute atomic E-state index is 13.0. The summed E-state index contributed by atoms with van der Waals surface area (Å²) in [5.41, 5.74) is -0.0206. The Bertz CT molecular complexity index is 1370. The Morgan fingerprint density at radius 3 is 2.60 bits per heavy atom. The zero-order chi connectivity index (χ0) is 29.1. The number of rotatable bonds is 8. The van der Waals surface area contributed by atoms with Gasteiger partial charge in [-0.1, -0.05) is 6.07 Å². The molecule has 0 spiro atoms. The van der Waals surface area contributed by atoms with Gasteiger partial charge >= 0.3 is 6.18 Å². The molecule has 3 aromatic rings. The first-order valence-corrected chi connectivity index (χ1v) is 13.6. The quantitative estimate of drug-likeness (QED) is 0.357. The number of aromatic nitrogens is 3. The van der Waals surface area contributed by atoms with Gasteiger partial charge in [-0.2, -0.15) is 13.2 Å². The van der Waals surface area contributed by atoms with E-state index in [1.807, 2.05) is 13.0 Å². The summed E-state index contributed by atoms with van der Waals surface area (Å²) < 4.78 is 39.1. The van der Waals surface area contributed by atoms with Crippen molar-refractivity contribution in [1.29, 1.82) is 0 Å². The minimum absolute atomic E-state index is 0.0670. The Morgan fingerprint density at radius 2 is 1.93 bits per heavy atom. The normalized spacial score (nSPS) is 19.2. The van der Waals surface area contributed by atoms with Gasteiger partial charge in [-0.25, -0.2) is 15.0 Å². The number of benzene rings is 1. The lowest BCUT2D eigenvalue weighted by atomic mass is 9.78. The third-order valence-electron chi connectivity index (χ3n) is 6.94. The average molecular weight is 577 g/mol. The third kappa shape index (κ3) is 7.13.